The Balaban J connectivity index is 1.12. The quantitative estimate of drug-likeness (QED) is 0.248. The third kappa shape index (κ3) is 4.96. The molecule has 6 heteroatoms. The zero-order valence-electron chi connectivity index (χ0n) is 22.9. The lowest BCUT2D eigenvalue weighted by molar-refractivity contribution is -0.125. The summed E-state index contributed by atoms with van der Waals surface area (Å²) in [6.45, 7) is 8.16. The molecule has 5 nitrogen and oxygen atoms in total. The molecule has 1 fully saturated rings. The topological polar surface area (TPSA) is 48.5 Å². The highest BCUT2D eigenvalue weighted by atomic mass is 32.1. The second-order valence-electron chi connectivity index (χ2n) is 10.9. The van der Waals surface area contributed by atoms with E-state index in [0.29, 0.717) is 6.54 Å². The second-order valence-corrected chi connectivity index (χ2v) is 11.9. The lowest BCUT2D eigenvalue weighted by atomic mass is 9.73. The van der Waals surface area contributed by atoms with Crippen LogP contribution in [-0.2, 0) is 10.2 Å². The average Bonchev–Trinajstić information content (AvgIpc) is 3.43. The normalized spacial score (nSPS) is 16.6. The summed E-state index contributed by atoms with van der Waals surface area (Å²) in [5.41, 5.74) is 5.25. The number of nitrogens with zero attached hydrogens (tertiary/aromatic N) is 3. The third-order valence-corrected chi connectivity index (χ3v) is 9.50. The highest BCUT2D eigenvalue weighted by Crippen LogP contribution is 2.51. The smallest absolute Gasteiger partial charge is 0.235 e. The van der Waals surface area contributed by atoms with Crippen LogP contribution in [0.1, 0.15) is 50.2 Å². The Hall–Kier alpha value is -3.22. The molecule has 0 saturated carbocycles. The van der Waals surface area contributed by atoms with E-state index in [0.717, 1.165) is 75.5 Å². The molecule has 2 aliphatic rings. The standard InChI is InChI=1S/C33H38N4OS/c1-2-19-34-31(38)33(27-14-5-3-12-25(27)26-13-4-6-15-28(26)33)18-9-10-20-36-21-11-22-37(24-23-36)32-35-29-16-7-8-17-30(29)39-32/h3-8,12-17H,2,9-11,18-24H2,1H3,(H,34,38). The van der Waals surface area contributed by atoms with E-state index in [2.05, 4.69) is 94.8 Å². The van der Waals surface area contributed by atoms with Gasteiger partial charge in [0.2, 0.25) is 5.91 Å². The first-order valence-electron chi connectivity index (χ1n) is 14.5. The molecule has 0 radical (unpaired) electrons. The van der Waals surface area contributed by atoms with Crippen LogP contribution in [0, 0.1) is 0 Å². The van der Waals surface area contributed by atoms with Gasteiger partial charge in [0, 0.05) is 26.2 Å². The minimum Gasteiger partial charge on any atom is -0.355 e. The van der Waals surface area contributed by atoms with Crippen molar-refractivity contribution in [1.29, 1.82) is 0 Å². The summed E-state index contributed by atoms with van der Waals surface area (Å²) in [6.07, 6.45) is 5.03. The summed E-state index contributed by atoms with van der Waals surface area (Å²) in [4.78, 5) is 23.9. The second kappa shape index (κ2) is 11.5. The molecule has 0 unspecified atom stereocenters. The number of aromatic nitrogens is 1. The van der Waals surface area contributed by atoms with Gasteiger partial charge in [-0.3, -0.25) is 4.79 Å². The van der Waals surface area contributed by atoms with Crippen molar-refractivity contribution in [2.75, 3.05) is 44.2 Å². The van der Waals surface area contributed by atoms with Crippen molar-refractivity contribution in [2.45, 2.75) is 44.4 Å². The molecule has 1 aliphatic heterocycles. The average molecular weight is 539 g/mol. The molecule has 0 bridgehead atoms. The van der Waals surface area contributed by atoms with E-state index < -0.39 is 5.41 Å². The number of rotatable bonds is 9. The summed E-state index contributed by atoms with van der Waals surface area (Å²) < 4.78 is 1.26. The molecule has 1 aliphatic carbocycles. The maximum atomic E-state index is 13.9. The first kappa shape index (κ1) is 26.0. The van der Waals surface area contributed by atoms with Gasteiger partial charge in [0.15, 0.2) is 5.13 Å². The molecular weight excluding hydrogens is 500 g/mol. The Morgan fingerprint density at radius 3 is 2.36 bits per heavy atom. The fourth-order valence-corrected chi connectivity index (χ4v) is 7.47. The maximum Gasteiger partial charge on any atom is 0.235 e. The zero-order valence-corrected chi connectivity index (χ0v) is 23.7. The van der Waals surface area contributed by atoms with Gasteiger partial charge in [0.05, 0.1) is 10.2 Å². The molecular formula is C33H38N4OS. The number of nitrogens with one attached hydrogen (secondary N) is 1. The minimum atomic E-state index is -0.606. The number of para-hydroxylation sites is 1. The van der Waals surface area contributed by atoms with Crippen molar-refractivity contribution < 1.29 is 4.79 Å². The molecule has 0 spiro atoms. The number of amides is 1. The highest BCUT2D eigenvalue weighted by Gasteiger charge is 2.48. The van der Waals surface area contributed by atoms with Crippen LogP contribution in [0.25, 0.3) is 21.3 Å². The summed E-state index contributed by atoms with van der Waals surface area (Å²) in [6, 6.07) is 25.5. The molecule has 1 saturated heterocycles. The summed E-state index contributed by atoms with van der Waals surface area (Å²) in [5, 5.41) is 4.42. The molecule has 1 amide bonds. The van der Waals surface area contributed by atoms with Crippen LogP contribution >= 0.6 is 11.3 Å². The van der Waals surface area contributed by atoms with Crippen LogP contribution in [0.4, 0.5) is 5.13 Å². The molecule has 6 rings (SSSR count). The molecule has 4 aromatic rings. The number of unbranched alkanes of at least 4 members (excludes halogenated alkanes) is 1. The van der Waals surface area contributed by atoms with E-state index in [1.165, 1.54) is 27.0 Å². The number of fused-ring (bicyclic) bond motifs is 4. The molecule has 202 valence electrons. The van der Waals surface area contributed by atoms with E-state index in [4.69, 9.17) is 4.98 Å². The zero-order chi connectivity index (χ0) is 26.7. The fourth-order valence-electron chi connectivity index (χ4n) is 6.45. The maximum absolute atomic E-state index is 13.9. The third-order valence-electron chi connectivity index (χ3n) is 8.40. The Kier molecular flexibility index (Phi) is 7.67. The SMILES string of the molecule is CCCNC(=O)C1(CCCCN2CCCN(c3nc4ccccc4s3)CC2)c2ccccc2-c2ccccc21. The van der Waals surface area contributed by atoms with Gasteiger partial charge < -0.3 is 15.1 Å². The highest BCUT2D eigenvalue weighted by molar-refractivity contribution is 7.22. The Bertz CT molecular complexity index is 1370. The van der Waals surface area contributed by atoms with E-state index in [1.807, 2.05) is 0 Å². The van der Waals surface area contributed by atoms with Crippen LogP contribution in [0.2, 0.25) is 0 Å². The first-order valence-corrected chi connectivity index (χ1v) is 15.3. The minimum absolute atomic E-state index is 0.156. The Labute approximate surface area is 235 Å². The van der Waals surface area contributed by atoms with Crippen molar-refractivity contribution in [1.82, 2.24) is 15.2 Å². The van der Waals surface area contributed by atoms with Gasteiger partial charge in [-0.05, 0) is 73.2 Å². The van der Waals surface area contributed by atoms with Gasteiger partial charge in [0.25, 0.3) is 0 Å². The van der Waals surface area contributed by atoms with Crippen LogP contribution in [0.3, 0.4) is 0 Å². The molecule has 1 aromatic heterocycles. The lowest BCUT2D eigenvalue weighted by Gasteiger charge is -2.31. The predicted octanol–water partition coefficient (Wildman–Crippen LogP) is 6.47. The van der Waals surface area contributed by atoms with Crippen molar-refractivity contribution >= 4 is 32.6 Å². The Morgan fingerprint density at radius 1 is 0.897 bits per heavy atom. The summed E-state index contributed by atoms with van der Waals surface area (Å²) >= 11 is 1.80. The number of benzene rings is 3. The van der Waals surface area contributed by atoms with Crippen LogP contribution in [0.5, 0.6) is 0 Å². The first-order chi connectivity index (χ1) is 19.2. The van der Waals surface area contributed by atoms with E-state index in [9.17, 15) is 4.79 Å². The number of thiazole rings is 1. The summed E-state index contributed by atoms with van der Waals surface area (Å²) in [5.74, 6) is 0.156. The van der Waals surface area contributed by atoms with Crippen LogP contribution in [-0.4, -0.2) is 55.1 Å². The van der Waals surface area contributed by atoms with Crippen molar-refractivity contribution in [3.8, 4) is 11.1 Å². The van der Waals surface area contributed by atoms with Crippen molar-refractivity contribution in [2.24, 2.45) is 0 Å². The molecule has 2 heterocycles. The van der Waals surface area contributed by atoms with Crippen LogP contribution in [0.15, 0.2) is 72.8 Å². The van der Waals surface area contributed by atoms with E-state index in [-0.39, 0.29) is 5.91 Å². The molecule has 3 aromatic carbocycles. The lowest BCUT2D eigenvalue weighted by Crippen LogP contribution is -2.44. The predicted molar refractivity (Wildman–Crippen MR) is 163 cm³/mol. The Morgan fingerprint density at radius 2 is 1.62 bits per heavy atom. The van der Waals surface area contributed by atoms with Crippen LogP contribution < -0.4 is 10.2 Å². The number of anilines is 1. The van der Waals surface area contributed by atoms with E-state index in [1.54, 1.807) is 11.3 Å². The monoisotopic (exact) mass is 538 g/mol. The number of hydrogen-bond acceptors (Lipinski definition) is 5. The van der Waals surface area contributed by atoms with Gasteiger partial charge in [0.1, 0.15) is 5.41 Å². The van der Waals surface area contributed by atoms with Gasteiger partial charge in [-0.15, -0.1) is 0 Å². The fraction of sp³-hybridized carbons (Fsp3) is 0.394. The van der Waals surface area contributed by atoms with Gasteiger partial charge in [-0.25, -0.2) is 4.98 Å². The number of carbonyl (C=O) groups excluding carboxylic acids is 1. The van der Waals surface area contributed by atoms with Gasteiger partial charge in [-0.1, -0.05) is 85.3 Å². The summed E-state index contributed by atoms with van der Waals surface area (Å²) in [7, 11) is 0. The number of hydrogen-bond donors (Lipinski definition) is 1. The van der Waals surface area contributed by atoms with Gasteiger partial charge in [-0.2, -0.15) is 0 Å². The molecule has 39 heavy (non-hydrogen) atoms. The largest absolute Gasteiger partial charge is 0.355 e. The molecule has 0 atom stereocenters. The number of carbonyl (C=O) groups is 1. The van der Waals surface area contributed by atoms with E-state index >= 15 is 0 Å². The molecule has 1 N–H and O–H groups in total. The van der Waals surface area contributed by atoms with Crippen molar-refractivity contribution in [3.05, 3.63) is 83.9 Å². The van der Waals surface area contributed by atoms with Crippen molar-refractivity contribution in [3.63, 3.8) is 0 Å². The van der Waals surface area contributed by atoms with Gasteiger partial charge >= 0.3 is 0 Å².